The SMILES string of the molecule is CSc1ccc(Cl)c(C(=O)N[C@H](C)CN)c1.Cl. The quantitative estimate of drug-likeness (QED) is 0.839. The molecular weight excluding hydrogens is 279 g/mol. The Morgan fingerprint density at radius 3 is 2.76 bits per heavy atom. The average Bonchev–Trinajstić information content (AvgIpc) is 2.29. The Morgan fingerprint density at radius 1 is 1.59 bits per heavy atom. The normalized spacial score (nSPS) is 11.5. The second-order valence-corrected chi connectivity index (χ2v) is 4.74. The van der Waals surface area contributed by atoms with E-state index in [0.717, 1.165) is 4.90 Å². The third kappa shape index (κ3) is 4.76. The van der Waals surface area contributed by atoms with Gasteiger partial charge in [-0.3, -0.25) is 4.79 Å². The maximum Gasteiger partial charge on any atom is 0.253 e. The number of nitrogens with one attached hydrogen (secondary N) is 1. The molecule has 0 aliphatic rings. The third-order valence-corrected chi connectivity index (χ3v) is 3.20. The van der Waals surface area contributed by atoms with Gasteiger partial charge in [0.05, 0.1) is 10.6 Å². The first-order chi connectivity index (χ1) is 7.58. The van der Waals surface area contributed by atoms with Crippen molar-refractivity contribution in [3.05, 3.63) is 28.8 Å². The van der Waals surface area contributed by atoms with Gasteiger partial charge in [0, 0.05) is 17.5 Å². The molecule has 0 heterocycles. The lowest BCUT2D eigenvalue weighted by molar-refractivity contribution is 0.0941. The van der Waals surface area contributed by atoms with E-state index < -0.39 is 0 Å². The summed E-state index contributed by atoms with van der Waals surface area (Å²) in [6.45, 7) is 2.26. The molecule has 0 unspecified atom stereocenters. The highest BCUT2D eigenvalue weighted by Crippen LogP contribution is 2.22. The molecule has 3 nitrogen and oxygen atoms in total. The van der Waals surface area contributed by atoms with E-state index >= 15 is 0 Å². The van der Waals surface area contributed by atoms with Gasteiger partial charge in [-0.2, -0.15) is 0 Å². The first-order valence-corrected chi connectivity index (χ1v) is 6.53. The Hall–Kier alpha value is -0.420. The zero-order valence-corrected chi connectivity index (χ0v) is 12.1. The molecule has 1 rings (SSSR count). The smallest absolute Gasteiger partial charge is 0.253 e. The molecule has 0 radical (unpaired) electrons. The number of carbonyl (C=O) groups is 1. The lowest BCUT2D eigenvalue weighted by Crippen LogP contribution is -2.37. The first-order valence-electron chi connectivity index (χ1n) is 4.93. The monoisotopic (exact) mass is 294 g/mol. The summed E-state index contributed by atoms with van der Waals surface area (Å²) in [5.74, 6) is -0.182. The first kappa shape index (κ1) is 16.6. The number of halogens is 2. The number of nitrogens with two attached hydrogens (primary N) is 1. The van der Waals surface area contributed by atoms with Crippen molar-refractivity contribution in [2.24, 2.45) is 5.73 Å². The molecule has 0 fully saturated rings. The van der Waals surface area contributed by atoms with Crippen LogP contribution in [0.1, 0.15) is 17.3 Å². The summed E-state index contributed by atoms with van der Waals surface area (Å²) >= 11 is 7.54. The van der Waals surface area contributed by atoms with Crippen LogP contribution < -0.4 is 11.1 Å². The summed E-state index contributed by atoms with van der Waals surface area (Å²) in [5, 5.41) is 3.24. The molecule has 0 spiro atoms. The fourth-order valence-corrected chi connectivity index (χ4v) is 1.81. The molecule has 0 aliphatic heterocycles. The van der Waals surface area contributed by atoms with E-state index in [0.29, 0.717) is 17.1 Å². The Labute approximate surface area is 117 Å². The van der Waals surface area contributed by atoms with Crippen LogP contribution in [0.4, 0.5) is 0 Å². The fourth-order valence-electron chi connectivity index (χ4n) is 1.17. The average molecular weight is 295 g/mol. The number of hydrogen-bond donors (Lipinski definition) is 2. The van der Waals surface area contributed by atoms with Crippen LogP contribution in [0.3, 0.4) is 0 Å². The van der Waals surface area contributed by atoms with Gasteiger partial charge in [-0.25, -0.2) is 0 Å². The van der Waals surface area contributed by atoms with Crippen molar-refractivity contribution >= 4 is 41.7 Å². The number of amides is 1. The molecule has 0 saturated carbocycles. The molecule has 17 heavy (non-hydrogen) atoms. The highest BCUT2D eigenvalue weighted by molar-refractivity contribution is 7.98. The van der Waals surface area contributed by atoms with Crippen LogP contribution in [0.2, 0.25) is 5.02 Å². The van der Waals surface area contributed by atoms with Crippen molar-refractivity contribution in [1.29, 1.82) is 0 Å². The maximum atomic E-state index is 11.8. The second kappa shape index (κ2) is 7.82. The highest BCUT2D eigenvalue weighted by atomic mass is 35.5. The van der Waals surface area contributed by atoms with E-state index in [4.69, 9.17) is 17.3 Å². The molecule has 1 amide bonds. The van der Waals surface area contributed by atoms with Crippen LogP contribution in [0.25, 0.3) is 0 Å². The van der Waals surface area contributed by atoms with Crippen LogP contribution in [0.5, 0.6) is 0 Å². The minimum atomic E-state index is -0.182. The Balaban J connectivity index is 0.00000256. The molecule has 0 aliphatic carbocycles. The van der Waals surface area contributed by atoms with Gasteiger partial charge < -0.3 is 11.1 Å². The standard InChI is InChI=1S/C11H15ClN2OS.ClH/c1-7(6-13)14-11(15)9-5-8(16-2)3-4-10(9)12;/h3-5,7H,6,13H2,1-2H3,(H,14,15);1H/t7-;/m1./s1. The van der Waals surface area contributed by atoms with E-state index in [1.807, 2.05) is 19.2 Å². The van der Waals surface area contributed by atoms with Crippen LogP contribution in [0, 0.1) is 0 Å². The summed E-state index contributed by atoms with van der Waals surface area (Å²) in [4.78, 5) is 12.9. The lowest BCUT2D eigenvalue weighted by Gasteiger charge is -2.12. The largest absolute Gasteiger partial charge is 0.348 e. The van der Waals surface area contributed by atoms with Gasteiger partial charge in [0.1, 0.15) is 0 Å². The van der Waals surface area contributed by atoms with Gasteiger partial charge in [0.25, 0.3) is 5.91 Å². The van der Waals surface area contributed by atoms with Crippen molar-refractivity contribution in [1.82, 2.24) is 5.32 Å². The number of carbonyl (C=O) groups excluding carboxylic acids is 1. The van der Waals surface area contributed by atoms with Crippen LogP contribution >= 0.6 is 35.8 Å². The number of benzene rings is 1. The summed E-state index contributed by atoms with van der Waals surface area (Å²) in [5.41, 5.74) is 5.93. The predicted molar refractivity (Wildman–Crippen MR) is 76.5 cm³/mol. The van der Waals surface area contributed by atoms with Gasteiger partial charge in [0.15, 0.2) is 0 Å². The van der Waals surface area contributed by atoms with E-state index in [1.54, 1.807) is 23.9 Å². The van der Waals surface area contributed by atoms with Crippen molar-refractivity contribution in [2.45, 2.75) is 17.9 Å². The molecule has 0 bridgehead atoms. The topological polar surface area (TPSA) is 55.1 Å². The van der Waals surface area contributed by atoms with Crippen LogP contribution in [-0.2, 0) is 0 Å². The molecule has 1 aromatic carbocycles. The van der Waals surface area contributed by atoms with Gasteiger partial charge in [-0.15, -0.1) is 24.2 Å². The molecule has 0 aromatic heterocycles. The van der Waals surface area contributed by atoms with E-state index in [9.17, 15) is 4.79 Å². The third-order valence-electron chi connectivity index (χ3n) is 2.15. The van der Waals surface area contributed by atoms with Crippen molar-refractivity contribution in [2.75, 3.05) is 12.8 Å². The molecule has 96 valence electrons. The summed E-state index contributed by atoms with van der Waals surface area (Å²) in [6, 6.07) is 5.35. The number of rotatable bonds is 4. The number of thioether (sulfide) groups is 1. The van der Waals surface area contributed by atoms with Crippen LogP contribution in [-0.4, -0.2) is 24.7 Å². The van der Waals surface area contributed by atoms with E-state index in [2.05, 4.69) is 5.32 Å². The highest BCUT2D eigenvalue weighted by Gasteiger charge is 2.12. The lowest BCUT2D eigenvalue weighted by atomic mass is 10.2. The van der Waals surface area contributed by atoms with Crippen LogP contribution in [0.15, 0.2) is 23.1 Å². The molecule has 3 N–H and O–H groups in total. The molecule has 1 atom stereocenters. The summed E-state index contributed by atoms with van der Waals surface area (Å²) in [7, 11) is 0. The van der Waals surface area contributed by atoms with Crippen molar-refractivity contribution in [3.8, 4) is 0 Å². The maximum absolute atomic E-state index is 11.8. The summed E-state index contributed by atoms with van der Waals surface area (Å²) < 4.78 is 0. The zero-order valence-electron chi connectivity index (χ0n) is 9.70. The molecular formula is C11H16Cl2N2OS. The molecule has 0 saturated heterocycles. The minimum absolute atomic E-state index is 0. The second-order valence-electron chi connectivity index (χ2n) is 3.46. The Kier molecular flexibility index (Phi) is 7.63. The van der Waals surface area contributed by atoms with Gasteiger partial charge in [-0.05, 0) is 31.4 Å². The predicted octanol–water partition coefficient (Wildman–Crippen LogP) is 2.56. The van der Waals surface area contributed by atoms with E-state index in [-0.39, 0.29) is 24.4 Å². The Bertz CT molecular complexity index is 388. The van der Waals surface area contributed by atoms with Crippen molar-refractivity contribution in [3.63, 3.8) is 0 Å². The van der Waals surface area contributed by atoms with Crippen molar-refractivity contribution < 1.29 is 4.79 Å². The van der Waals surface area contributed by atoms with Gasteiger partial charge >= 0.3 is 0 Å². The molecule has 6 heteroatoms. The van der Waals surface area contributed by atoms with E-state index in [1.165, 1.54) is 0 Å². The van der Waals surface area contributed by atoms with Gasteiger partial charge in [-0.1, -0.05) is 11.6 Å². The number of hydrogen-bond acceptors (Lipinski definition) is 3. The summed E-state index contributed by atoms with van der Waals surface area (Å²) in [6.07, 6.45) is 1.95. The Morgan fingerprint density at radius 2 is 2.24 bits per heavy atom. The molecule has 1 aromatic rings. The zero-order chi connectivity index (χ0) is 12.1. The van der Waals surface area contributed by atoms with Gasteiger partial charge in [0.2, 0.25) is 0 Å². The minimum Gasteiger partial charge on any atom is -0.348 e. The fraction of sp³-hybridized carbons (Fsp3) is 0.364.